The van der Waals surface area contributed by atoms with Crippen molar-refractivity contribution in [3.8, 4) is 0 Å². The first kappa shape index (κ1) is 13.9. The number of hydrogen-bond donors (Lipinski definition) is 1. The molecule has 2 aromatic heterocycles. The minimum atomic E-state index is 0.163. The van der Waals surface area contributed by atoms with Crippen LogP contribution in [0.1, 0.15) is 35.7 Å². The van der Waals surface area contributed by atoms with Gasteiger partial charge in [-0.25, -0.2) is 0 Å². The predicted molar refractivity (Wildman–Crippen MR) is 84.2 cm³/mol. The van der Waals surface area contributed by atoms with Gasteiger partial charge in [0, 0.05) is 30.2 Å². The molecule has 4 heteroatoms. The first-order chi connectivity index (χ1) is 10.1. The average molecular weight is 283 g/mol. The predicted octanol–water partition coefficient (Wildman–Crippen LogP) is 3.63. The van der Waals surface area contributed by atoms with E-state index in [1.165, 1.54) is 11.3 Å². The van der Waals surface area contributed by atoms with E-state index in [0.29, 0.717) is 0 Å². The molecule has 4 nitrogen and oxygen atoms in total. The van der Waals surface area contributed by atoms with E-state index in [9.17, 15) is 0 Å². The van der Waals surface area contributed by atoms with E-state index in [0.717, 1.165) is 29.0 Å². The fraction of sp³-hybridized carbons (Fsp3) is 0.353. The van der Waals surface area contributed by atoms with E-state index in [-0.39, 0.29) is 6.04 Å². The SMILES string of the molecule is Cc1nn(C)c(C)c1CNC(C)c1cc2ccccc2o1. The van der Waals surface area contributed by atoms with Gasteiger partial charge in [0.2, 0.25) is 0 Å². The number of nitrogens with one attached hydrogen (secondary N) is 1. The van der Waals surface area contributed by atoms with E-state index >= 15 is 0 Å². The van der Waals surface area contributed by atoms with Crippen molar-refractivity contribution in [2.24, 2.45) is 7.05 Å². The van der Waals surface area contributed by atoms with E-state index in [2.05, 4.69) is 43.3 Å². The number of benzene rings is 1. The minimum absolute atomic E-state index is 0.163. The molecular weight excluding hydrogens is 262 g/mol. The van der Waals surface area contributed by atoms with Crippen molar-refractivity contribution in [1.29, 1.82) is 0 Å². The molecule has 2 heterocycles. The molecule has 1 atom stereocenters. The third kappa shape index (κ3) is 2.59. The molecule has 0 radical (unpaired) electrons. The van der Waals surface area contributed by atoms with Crippen molar-refractivity contribution in [2.45, 2.75) is 33.4 Å². The number of rotatable bonds is 4. The maximum atomic E-state index is 5.90. The molecule has 1 N–H and O–H groups in total. The second-order valence-electron chi connectivity index (χ2n) is 5.56. The maximum Gasteiger partial charge on any atom is 0.134 e. The number of furan rings is 1. The molecule has 0 bridgehead atoms. The summed E-state index contributed by atoms with van der Waals surface area (Å²) in [6, 6.07) is 10.4. The standard InChI is InChI=1S/C17H21N3O/c1-11-15(13(3)20(4)19-11)10-18-12(2)17-9-14-7-5-6-8-16(14)21-17/h5-9,12,18H,10H2,1-4H3. The number of aromatic nitrogens is 2. The first-order valence-corrected chi connectivity index (χ1v) is 7.27. The molecule has 0 amide bonds. The molecule has 1 aromatic carbocycles. The van der Waals surface area contributed by atoms with Crippen LogP contribution < -0.4 is 5.32 Å². The van der Waals surface area contributed by atoms with Crippen molar-refractivity contribution in [1.82, 2.24) is 15.1 Å². The van der Waals surface area contributed by atoms with Gasteiger partial charge in [-0.1, -0.05) is 18.2 Å². The third-order valence-electron chi connectivity index (χ3n) is 4.12. The Labute approximate surface area is 124 Å². The fourth-order valence-electron chi connectivity index (χ4n) is 2.64. The van der Waals surface area contributed by atoms with Gasteiger partial charge < -0.3 is 9.73 Å². The van der Waals surface area contributed by atoms with Crippen molar-refractivity contribution in [2.75, 3.05) is 0 Å². The van der Waals surface area contributed by atoms with Crippen molar-refractivity contribution in [3.63, 3.8) is 0 Å². The molecule has 21 heavy (non-hydrogen) atoms. The highest BCUT2D eigenvalue weighted by molar-refractivity contribution is 5.77. The molecule has 110 valence electrons. The second kappa shape index (κ2) is 5.37. The van der Waals surface area contributed by atoms with Crippen molar-refractivity contribution < 1.29 is 4.42 Å². The zero-order valence-corrected chi connectivity index (χ0v) is 13.0. The summed E-state index contributed by atoms with van der Waals surface area (Å²) in [5, 5.41) is 9.12. The van der Waals surface area contributed by atoms with Gasteiger partial charge in [-0.15, -0.1) is 0 Å². The summed E-state index contributed by atoms with van der Waals surface area (Å²) in [4.78, 5) is 0. The molecule has 0 aliphatic heterocycles. The quantitative estimate of drug-likeness (QED) is 0.795. The topological polar surface area (TPSA) is 43.0 Å². The smallest absolute Gasteiger partial charge is 0.134 e. The number of nitrogens with zero attached hydrogens (tertiary/aromatic N) is 2. The van der Waals surface area contributed by atoms with Crippen LogP contribution in [0.25, 0.3) is 11.0 Å². The lowest BCUT2D eigenvalue weighted by molar-refractivity contribution is 0.450. The van der Waals surface area contributed by atoms with Gasteiger partial charge in [-0.2, -0.15) is 5.10 Å². The highest BCUT2D eigenvalue weighted by Crippen LogP contribution is 2.24. The molecule has 0 saturated heterocycles. The van der Waals surface area contributed by atoms with Crippen LogP contribution in [0, 0.1) is 13.8 Å². The summed E-state index contributed by atoms with van der Waals surface area (Å²) in [5.74, 6) is 0.968. The van der Waals surface area contributed by atoms with Crippen LogP contribution in [0.2, 0.25) is 0 Å². The van der Waals surface area contributed by atoms with Gasteiger partial charge in [0.15, 0.2) is 0 Å². The minimum Gasteiger partial charge on any atom is -0.459 e. The largest absolute Gasteiger partial charge is 0.459 e. The van der Waals surface area contributed by atoms with Crippen LogP contribution in [0.5, 0.6) is 0 Å². The zero-order valence-electron chi connectivity index (χ0n) is 13.0. The number of hydrogen-bond acceptors (Lipinski definition) is 3. The number of aryl methyl sites for hydroxylation is 2. The molecule has 3 rings (SSSR count). The van der Waals surface area contributed by atoms with Crippen LogP contribution in [0.15, 0.2) is 34.7 Å². The van der Waals surface area contributed by atoms with Crippen LogP contribution in [0.3, 0.4) is 0 Å². The van der Waals surface area contributed by atoms with Gasteiger partial charge >= 0.3 is 0 Å². The van der Waals surface area contributed by atoms with Crippen molar-refractivity contribution >= 4 is 11.0 Å². The fourth-order valence-corrected chi connectivity index (χ4v) is 2.64. The zero-order chi connectivity index (χ0) is 15.0. The summed E-state index contributed by atoms with van der Waals surface area (Å²) < 4.78 is 7.83. The van der Waals surface area contributed by atoms with Gasteiger partial charge in [0.1, 0.15) is 11.3 Å². The van der Waals surface area contributed by atoms with E-state index in [1.54, 1.807) is 0 Å². The second-order valence-corrected chi connectivity index (χ2v) is 5.56. The van der Waals surface area contributed by atoms with Crippen LogP contribution in [-0.2, 0) is 13.6 Å². The summed E-state index contributed by atoms with van der Waals surface area (Å²) in [5.41, 5.74) is 4.49. The number of para-hydroxylation sites is 1. The first-order valence-electron chi connectivity index (χ1n) is 7.27. The Morgan fingerprint density at radius 1 is 1.29 bits per heavy atom. The highest BCUT2D eigenvalue weighted by atomic mass is 16.3. The highest BCUT2D eigenvalue weighted by Gasteiger charge is 2.14. The Hall–Kier alpha value is -2.07. The Kier molecular flexibility index (Phi) is 3.55. The third-order valence-corrected chi connectivity index (χ3v) is 4.12. The van der Waals surface area contributed by atoms with Gasteiger partial charge in [-0.3, -0.25) is 4.68 Å². The Morgan fingerprint density at radius 2 is 2.05 bits per heavy atom. The summed E-state index contributed by atoms with van der Waals surface area (Å²) in [6.45, 7) is 7.07. The average Bonchev–Trinajstić information content (AvgIpc) is 2.99. The normalized spacial score (nSPS) is 13.0. The molecule has 3 aromatic rings. The molecular formula is C17H21N3O. The number of fused-ring (bicyclic) bond motifs is 1. The molecule has 0 spiro atoms. The Morgan fingerprint density at radius 3 is 2.71 bits per heavy atom. The van der Waals surface area contributed by atoms with E-state index in [4.69, 9.17) is 4.42 Å². The Bertz CT molecular complexity index is 737. The molecule has 0 aliphatic carbocycles. The summed E-state index contributed by atoms with van der Waals surface area (Å²) in [6.07, 6.45) is 0. The van der Waals surface area contributed by atoms with E-state index < -0.39 is 0 Å². The van der Waals surface area contributed by atoms with Crippen LogP contribution >= 0.6 is 0 Å². The lowest BCUT2D eigenvalue weighted by Gasteiger charge is -2.11. The summed E-state index contributed by atoms with van der Waals surface area (Å²) >= 11 is 0. The lowest BCUT2D eigenvalue weighted by atomic mass is 10.1. The van der Waals surface area contributed by atoms with Gasteiger partial charge in [-0.05, 0) is 32.9 Å². The monoisotopic (exact) mass is 283 g/mol. The lowest BCUT2D eigenvalue weighted by Crippen LogP contribution is -2.18. The van der Waals surface area contributed by atoms with Gasteiger partial charge in [0.25, 0.3) is 0 Å². The van der Waals surface area contributed by atoms with Crippen molar-refractivity contribution in [3.05, 3.63) is 53.0 Å². The van der Waals surface area contributed by atoms with Gasteiger partial charge in [0.05, 0.1) is 11.7 Å². The van der Waals surface area contributed by atoms with E-state index in [1.807, 2.05) is 29.9 Å². The molecule has 0 saturated carbocycles. The summed E-state index contributed by atoms with van der Waals surface area (Å²) in [7, 11) is 1.98. The van der Waals surface area contributed by atoms with Crippen LogP contribution in [-0.4, -0.2) is 9.78 Å². The molecule has 1 unspecified atom stereocenters. The Balaban J connectivity index is 1.75. The van der Waals surface area contributed by atoms with Crippen LogP contribution in [0.4, 0.5) is 0 Å². The maximum absolute atomic E-state index is 5.90. The molecule has 0 fully saturated rings. The molecule has 0 aliphatic rings.